The number of aryl methyl sites for hydroxylation is 3. The van der Waals surface area contributed by atoms with Crippen LogP contribution in [0.2, 0.25) is 0 Å². The van der Waals surface area contributed by atoms with E-state index in [0.717, 1.165) is 37.0 Å². The monoisotopic (exact) mass is 310 g/mol. The van der Waals surface area contributed by atoms with Crippen molar-refractivity contribution in [2.75, 3.05) is 23.3 Å². The third-order valence-corrected chi connectivity index (χ3v) is 4.50. The molecule has 0 atom stereocenters. The minimum atomic E-state index is 0.821. The molecule has 2 heterocycles. The second-order valence-corrected chi connectivity index (χ2v) is 6.29. The lowest BCUT2D eigenvalue weighted by molar-refractivity contribution is 0.572. The summed E-state index contributed by atoms with van der Waals surface area (Å²) in [5, 5.41) is 3.53. The van der Waals surface area contributed by atoms with Gasteiger partial charge in [-0.3, -0.25) is 0 Å². The van der Waals surface area contributed by atoms with E-state index in [0.29, 0.717) is 0 Å². The quantitative estimate of drug-likeness (QED) is 0.909. The first-order valence-corrected chi connectivity index (χ1v) is 8.63. The number of aromatic nitrogens is 2. The first-order chi connectivity index (χ1) is 11.2. The first-order valence-electron chi connectivity index (χ1n) is 8.63. The summed E-state index contributed by atoms with van der Waals surface area (Å²) < 4.78 is 0. The third kappa shape index (κ3) is 3.63. The van der Waals surface area contributed by atoms with E-state index in [9.17, 15) is 0 Å². The van der Waals surface area contributed by atoms with Gasteiger partial charge in [0, 0.05) is 24.8 Å². The Kier molecular flexibility index (Phi) is 4.79. The van der Waals surface area contributed by atoms with Gasteiger partial charge >= 0.3 is 0 Å². The van der Waals surface area contributed by atoms with E-state index < -0.39 is 0 Å². The molecule has 1 fully saturated rings. The summed E-state index contributed by atoms with van der Waals surface area (Å²) in [5.41, 5.74) is 3.75. The highest BCUT2D eigenvalue weighted by molar-refractivity contribution is 5.66. The smallest absolute Gasteiger partial charge is 0.136 e. The van der Waals surface area contributed by atoms with Gasteiger partial charge in [-0.2, -0.15) is 0 Å². The fourth-order valence-electron chi connectivity index (χ4n) is 3.23. The zero-order chi connectivity index (χ0) is 16.2. The van der Waals surface area contributed by atoms with Gasteiger partial charge in [-0.25, -0.2) is 9.97 Å². The fraction of sp³-hybridized carbons (Fsp3) is 0.474. The van der Waals surface area contributed by atoms with Gasteiger partial charge in [-0.15, -0.1) is 0 Å². The highest BCUT2D eigenvalue weighted by Crippen LogP contribution is 2.27. The van der Waals surface area contributed by atoms with Crippen LogP contribution in [0.4, 0.5) is 17.3 Å². The summed E-state index contributed by atoms with van der Waals surface area (Å²) in [6, 6.07) is 8.52. The Balaban J connectivity index is 1.90. The lowest BCUT2D eigenvalue weighted by atomic mass is 10.1. The molecule has 4 heteroatoms. The van der Waals surface area contributed by atoms with Gasteiger partial charge in [0.15, 0.2) is 0 Å². The molecule has 1 aliphatic rings. The number of hydrogen-bond donors (Lipinski definition) is 1. The number of benzene rings is 1. The molecule has 0 spiro atoms. The molecular formula is C19H26N4. The second-order valence-electron chi connectivity index (χ2n) is 6.29. The van der Waals surface area contributed by atoms with E-state index in [1.165, 1.54) is 36.1 Å². The Labute approximate surface area is 139 Å². The maximum Gasteiger partial charge on any atom is 0.136 e. The number of nitrogens with zero attached hydrogens (tertiary/aromatic N) is 3. The summed E-state index contributed by atoms with van der Waals surface area (Å²) in [6.07, 6.45) is 4.84. The van der Waals surface area contributed by atoms with Crippen LogP contribution in [-0.2, 0) is 6.42 Å². The second kappa shape index (κ2) is 6.99. The van der Waals surface area contributed by atoms with Crippen LogP contribution >= 0.6 is 0 Å². The van der Waals surface area contributed by atoms with Crippen LogP contribution in [0.15, 0.2) is 24.3 Å². The summed E-state index contributed by atoms with van der Waals surface area (Å²) in [6.45, 7) is 8.49. The van der Waals surface area contributed by atoms with Crippen LogP contribution in [-0.4, -0.2) is 23.1 Å². The van der Waals surface area contributed by atoms with Crippen molar-refractivity contribution in [3.05, 3.63) is 41.2 Å². The van der Waals surface area contributed by atoms with E-state index >= 15 is 0 Å². The van der Waals surface area contributed by atoms with Crippen molar-refractivity contribution in [2.24, 2.45) is 0 Å². The zero-order valence-corrected chi connectivity index (χ0v) is 14.4. The van der Waals surface area contributed by atoms with E-state index in [2.05, 4.69) is 58.3 Å². The van der Waals surface area contributed by atoms with Crippen molar-refractivity contribution in [3.8, 4) is 0 Å². The SMILES string of the molecule is CCc1cccc(C)c1Nc1cc(N2CCCCC2)nc(C)n1. The third-order valence-electron chi connectivity index (χ3n) is 4.50. The Morgan fingerprint density at radius 3 is 2.61 bits per heavy atom. The number of anilines is 3. The molecule has 0 radical (unpaired) electrons. The van der Waals surface area contributed by atoms with Crippen LogP contribution in [0, 0.1) is 13.8 Å². The molecule has 0 amide bonds. The lowest BCUT2D eigenvalue weighted by Gasteiger charge is -2.28. The summed E-state index contributed by atoms with van der Waals surface area (Å²) in [4.78, 5) is 11.6. The van der Waals surface area contributed by atoms with E-state index in [1.807, 2.05) is 6.92 Å². The van der Waals surface area contributed by atoms with E-state index in [-0.39, 0.29) is 0 Å². The number of piperidine rings is 1. The maximum absolute atomic E-state index is 4.64. The van der Waals surface area contributed by atoms with Crippen molar-refractivity contribution < 1.29 is 0 Å². The van der Waals surface area contributed by atoms with Gasteiger partial charge < -0.3 is 10.2 Å². The molecule has 3 rings (SSSR count). The van der Waals surface area contributed by atoms with Gasteiger partial charge in [0.1, 0.15) is 17.5 Å². The normalized spacial score (nSPS) is 14.8. The molecule has 122 valence electrons. The van der Waals surface area contributed by atoms with Gasteiger partial charge in [-0.05, 0) is 50.7 Å². The Bertz CT molecular complexity index is 675. The molecule has 2 aromatic rings. The number of rotatable bonds is 4. The van der Waals surface area contributed by atoms with Crippen LogP contribution in [0.3, 0.4) is 0 Å². The minimum Gasteiger partial charge on any atom is -0.356 e. The van der Waals surface area contributed by atoms with E-state index in [1.54, 1.807) is 0 Å². The summed E-state index contributed by atoms with van der Waals surface area (Å²) in [5.74, 6) is 2.76. The molecule has 0 saturated carbocycles. The Morgan fingerprint density at radius 1 is 1.09 bits per heavy atom. The zero-order valence-electron chi connectivity index (χ0n) is 14.4. The largest absolute Gasteiger partial charge is 0.356 e. The average Bonchev–Trinajstić information content (AvgIpc) is 2.57. The lowest BCUT2D eigenvalue weighted by Crippen LogP contribution is -2.30. The highest BCUT2D eigenvalue weighted by Gasteiger charge is 2.14. The molecular weight excluding hydrogens is 284 g/mol. The molecule has 1 aromatic carbocycles. The van der Waals surface area contributed by atoms with Gasteiger partial charge in [0.25, 0.3) is 0 Å². The molecule has 0 bridgehead atoms. The van der Waals surface area contributed by atoms with Crippen LogP contribution < -0.4 is 10.2 Å². The van der Waals surface area contributed by atoms with Crippen molar-refractivity contribution >= 4 is 17.3 Å². The molecule has 4 nitrogen and oxygen atoms in total. The molecule has 0 unspecified atom stereocenters. The topological polar surface area (TPSA) is 41.0 Å². The first kappa shape index (κ1) is 15.8. The summed E-state index contributed by atoms with van der Waals surface area (Å²) >= 11 is 0. The molecule has 1 aliphatic heterocycles. The standard InChI is InChI=1S/C19H26N4/c1-4-16-10-8-9-14(2)19(16)22-17-13-18(21-15(3)20-17)23-11-6-5-7-12-23/h8-10,13H,4-7,11-12H2,1-3H3,(H,20,21,22). The van der Waals surface area contributed by atoms with Crippen molar-refractivity contribution in [1.82, 2.24) is 9.97 Å². The van der Waals surface area contributed by atoms with Crippen molar-refractivity contribution in [1.29, 1.82) is 0 Å². The maximum atomic E-state index is 4.64. The van der Waals surface area contributed by atoms with Crippen LogP contribution in [0.5, 0.6) is 0 Å². The molecule has 1 N–H and O–H groups in total. The summed E-state index contributed by atoms with van der Waals surface area (Å²) in [7, 11) is 0. The average molecular weight is 310 g/mol. The molecule has 1 aromatic heterocycles. The number of hydrogen-bond acceptors (Lipinski definition) is 4. The number of para-hydroxylation sites is 1. The van der Waals surface area contributed by atoms with Gasteiger partial charge in [0.05, 0.1) is 0 Å². The van der Waals surface area contributed by atoms with E-state index in [4.69, 9.17) is 0 Å². The van der Waals surface area contributed by atoms with Crippen molar-refractivity contribution in [2.45, 2.75) is 46.5 Å². The van der Waals surface area contributed by atoms with Crippen LogP contribution in [0.1, 0.15) is 43.1 Å². The Morgan fingerprint density at radius 2 is 1.87 bits per heavy atom. The molecule has 1 saturated heterocycles. The minimum absolute atomic E-state index is 0.821. The fourth-order valence-corrected chi connectivity index (χ4v) is 3.23. The highest BCUT2D eigenvalue weighted by atomic mass is 15.2. The molecule has 0 aliphatic carbocycles. The predicted octanol–water partition coefficient (Wildman–Crippen LogP) is 4.39. The molecule has 23 heavy (non-hydrogen) atoms. The number of nitrogens with one attached hydrogen (secondary N) is 1. The predicted molar refractivity (Wildman–Crippen MR) is 96.7 cm³/mol. The van der Waals surface area contributed by atoms with Gasteiger partial charge in [-0.1, -0.05) is 25.1 Å². The van der Waals surface area contributed by atoms with Gasteiger partial charge in [0.2, 0.25) is 0 Å². The van der Waals surface area contributed by atoms with Crippen molar-refractivity contribution in [3.63, 3.8) is 0 Å². The van der Waals surface area contributed by atoms with Crippen LogP contribution in [0.25, 0.3) is 0 Å². The Hall–Kier alpha value is -2.10.